The van der Waals surface area contributed by atoms with Crippen LogP contribution in [-0.4, -0.2) is 66.0 Å². The summed E-state index contributed by atoms with van der Waals surface area (Å²) in [6, 6.07) is 14.7. The van der Waals surface area contributed by atoms with Crippen LogP contribution >= 0.6 is 0 Å². The second-order valence-corrected chi connectivity index (χ2v) is 10.6. The summed E-state index contributed by atoms with van der Waals surface area (Å²) >= 11 is 0. The van der Waals surface area contributed by atoms with Crippen LogP contribution in [0.4, 0.5) is 11.6 Å². The molecule has 0 spiro atoms. The minimum absolute atomic E-state index is 0.0708. The van der Waals surface area contributed by atoms with Gasteiger partial charge in [0.1, 0.15) is 5.65 Å². The number of nitrogens with zero attached hydrogens (tertiary/aromatic N) is 5. The molecule has 1 fully saturated rings. The van der Waals surface area contributed by atoms with E-state index in [-0.39, 0.29) is 4.90 Å². The van der Waals surface area contributed by atoms with Crippen LogP contribution in [0.2, 0.25) is 0 Å². The molecule has 1 aliphatic heterocycles. The SMILES string of the molecule is Cc1ccc(Nc2ncc3ccn(-c4ccc(S(N)(=O)=O)cc4)c3n2)cc1CN1CCN(C)CC1. The van der Waals surface area contributed by atoms with Crippen LogP contribution in [-0.2, 0) is 16.6 Å². The lowest BCUT2D eigenvalue weighted by Crippen LogP contribution is -2.43. The zero-order valence-electron chi connectivity index (χ0n) is 19.8. The van der Waals surface area contributed by atoms with Gasteiger partial charge in [0.15, 0.2) is 0 Å². The molecule has 2 aromatic carbocycles. The molecule has 0 amide bonds. The highest BCUT2D eigenvalue weighted by Gasteiger charge is 2.15. The summed E-state index contributed by atoms with van der Waals surface area (Å²) in [6.07, 6.45) is 3.66. The van der Waals surface area contributed by atoms with Crippen molar-refractivity contribution < 1.29 is 8.42 Å². The summed E-state index contributed by atoms with van der Waals surface area (Å²) in [5.41, 5.74) is 4.99. The van der Waals surface area contributed by atoms with Gasteiger partial charge in [0, 0.05) is 61.9 Å². The lowest BCUT2D eigenvalue weighted by atomic mass is 10.1. The third kappa shape index (κ3) is 5.20. The summed E-state index contributed by atoms with van der Waals surface area (Å²) in [7, 11) is -1.57. The molecule has 0 bridgehead atoms. The first-order chi connectivity index (χ1) is 16.8. The van der Waals surface area contributed by atoms with Gasteiger partial charge in [-0.15, -0.1) is 0 Å². The average Bonchev–Trinajstić information content (AvgIpc) is 3.25. The van der Waals surface area contributed by atoms with Gasteiger partial charge in [-0.25, -0.2) is 18.5 Å². The molecule has 2 aromatic heterocycles. The molecule has 35 heavy (non-hydrogen) atoms. The molecule has 9 nitrogen and oxygen atoms in total. The van der Waals surface area contributed by atoms with Gasteiger partial charge in [0.05, 0.1) is 4.90 Å². The summed E-state index contributed by atoms with van der Waals surface area (Å²) in [5, 5.41) is 9.45. The lowest BCUT2D eigenvalue weighted by Gasteiger charge is -2.32. The number of anilines is 2. The second kappa shape index (κ2) is 9.38. The predicted octanol–water partition coefficient (Wildman–Crippen LogP) is 2.87. The fraction of sp³-hybridized carbons (Fsp3) is 0.280. The van der Waals surface area contributed by atoms with Crippen LogP contribution < -0.4 is 10.5 Å². The summed E-state index contributed by atoms with van der Waals surface area (Å²) < 4.78 is 25.0. The number of sulfonamides is 1. The maximum absolute atomic E-state index is 11.6. The average molecular weight is 492 g/mol. The van der Waals surface area contributed by atoms with Gasteiger partial charge in [-0.1, -0.05) is 6.07 Å². The van der Waals surface area contributed by atoms with E-state index in [1.165, 1.54) is 23.3 Å². The largest absolute Gasteiger partial charge is 0.324 e. The molecular weight excluding hydrogens is 462 g/mol. The van der Waals surface area contributed by atoms with Gasteiger partial charge in [-0.05, 0) is 67.6 Å². The normalized spacial score (nSPS) is 15.5. The maximum Gasteiger partial charge on any atom is 0.238 e. The molecule has 0 saturated carbocycles. The standard InChI is InChI=1S/C25H29N7O2S/c1-18-3-4-21(15-20(18)17-31-13-11-30(2)12-14-31)28-25-27-16-19-9-10-32(24(19)29-25)22-5-7-23(8-6-22)35(26,33)34/h3-10,15-16H,11-14,17H2,1-2H3,(H2,26,33,34)(H,27,28,29). The number of nitrogens with one attached hydrogen (secondary N) is 1. The number of aryl methyl sites for hydroxylation is 1. The highest BCUT2D eigenvalue weighted by molar-refractivity contribution is 7.89. The number of fused-ring (bicyclic) bond motifs is 1. The van der Waals surface area contributed by atoms with Crippen molar-refractivity contribution in [3.05, 3.63) is 72.1 Å². The van der Waals surface area contributed by atoms with Crippen molar-refractivity contribution in [1.82, 2.24) is 24.3 Å². The van der Waals surface area contributed by atoms with Gasteiger partial charge in [-0.3, -0.25) is 4.90 Å². The van der Waals surface area contributed by atoms with Crippen LogP contribution in [0.15, 0.2) is 65.8 Å². The van der Waals surface area contributed by atoms with Crippen molar-refractivity contribution in [1.29, 1.82) is 0 Å². The smallest absolute Gasteiger partial charge is 0.238 e. The second-order valence-electron chi connectivity index (χ2n) is 9.04. The van der Waals surface area contributed by atoms with E-state index in [4.69, 9.17) is 10.1 Å². The number of benzene rings is 2. The van der Waals surface area contributed by atoms with E-state index in [1.54, 1.807) is 18.3 Å². The van der Waals surface area contributed by atoms with Gasteiger partial charge in [0.25, 0.3) is 0 Å². The number of rotatable bonds is 6. The zero-order valence-corrected chi connectivity index (χ0v) is 20.7. The Morgan fingerprint density at radius 2 is 1.77 bits per heavy atom. The summed E-state index contributed by atoms with van der Waals surface area (Å²) in [6.45, 7) is 7.40. The Labute approximate surface area is 205 Å². The number of primary sulfonamides is 1. The molecule has 1 aliphatic rings. The molecule has 3 N–H and O–H groups in total. The molecule has 0 unspecified atom stereocenters. The van der Waals surface area contributed by atoms with Gasteiger partial charge < -0.3 is 14.8 Å². The number of hydrogen-bond acceptors (Lipinski definition) is 7. The highest BCUT2D eigenvalue weighted by atomic mass is 32.2. The third-order valence-electron chi connectivity index (χ3n) is 6.47. The lowest BCUT2D eigenvalue weighted by molar-refractivity contribution is 0.148. The fourth-order valence-corrected chi connectivity index (χ4v) is 4.79. The van der Waals surface area contributed by atoms with E-state index in [2.05, 4.69) is 46.2 Å². The number of piperazine rings is 1. The molecule has 3 heterocycles. The topological polar surface area (TPSA) is 109 Å². The predicted molar refractivity (Wildman–Crippen MR) is 137 cm³/mol. The monoisotopic (exact) mass is 491 g/mol. The Hall–Kier alpha value is -3.31. The first kappa shape index (κ1) is 23.4. The van der Waals surface area contributed by atoms with Gasteiger partial charge in [0.2, 0.25) is 16.0 Å². The van der Waals surface area contributed by atoms with Crippen LogP contribution in [0.3, 0.4) is 0 Å². The van der Waals surface area contributed by atoms with Crippen molar-refractivity contribution in [2.45, 2.75) is 18.4 Å². The third-order valence-corrected chi connectivity index (χ3v) is 7.40. The van der Waals surface area contributed by atoms with Crippen molar-refractivity contribution in [2.24, 2.45) is 5.14 Å². The quantitative estimate of drug-likeness (QED) is 0.427. The fourth-order valence-electron chi connectivity index (χ4n) is 4.28. The Bertz CT molecular complexity index is 1460. The van der Waals surface area contributed by atoms with E-state index in [0.717, 1.165) is 55.1 Å². The van der Waals surface area contributed by atoms with E-state index in [1.807, 2.05) is 22.9 Å². The minimum Gasteiger partial charge on any atom is -0.324 e. The number of hydrogen-bond donors (Lipinski definition) is 2. The molecule has 1 saturated heterocycles. The first-order valence-corrected chi connectivity index (χ1v) is 13.1. The molecule has 4 aromatic rings. The van der Waals surface area contributed by atoms with Gasteiger partial charge in [-0.2, -0.15) is 4.98 Å². The minimum atomic E-state index is -3.74. The molecular formula is C25H29N7O2S. The molecule has 10 heteroatoms. The van der Waals surface area contributed by atoms with Crippen LogP contribution in [0.25, 0.3) is 16.7 Å². The number of aromatic nitrogens is 3. The highest BCUT2D eigenvalue weighted by Crippen LogP contribution is 2.24. The summed E-state index contributed by atoms with van der Waals surface area (Å²) in [5.74, 6) is 0.494. The van der Waals surface area contributed by atoms with Crippen LogP contribution in [0.5, 0.6) is 0 Å². The molecule has 0 aliphatic carbocycles. The Morgan fingerprint density at radius 1 is 1.03 bits per heavy atom. The van der Waals surface area contributed by atoms with E-state index < -0.39 is 10.0 Å². The first-order valence-electron chi connectivity index (χ1n) is 11.5. The van der Waals surface area contributed by atoms with E-state index >= 15 is 0 Å². The van der Waals surface area contributed by atoms with Crippen molar-refractivity contribution >= 4 is 32.7 Å². The Kier molecular flexibility index (Phi) is 6.28. The molecule has 0 atom stereocenters. The van der Waals surface area contributed by atoms with Crippen molar-refractivity contribution in [3.63, 3.8) is 0 Å². The Morgan fingerprint density at radius 3 is 2.49 bits per heavy atom. The molecule has 182 valence electrons. The Balaban J connectivity index is 1.38. The van der Waals surface area contributed by atoms with Crippen LogP contribution in [0, 0.1) is 6.92 Å². The van der Waals surface area contributed by atoms with E-state index in [0.29, 0.717) is 5.95 Å². The van der Waals surface area contributed by atoms with Crippen molar-refractivity contribution in [3.8, 4) is 5.69 Å². The molecule has 0 radical (unpaired) electrons. The summed E-state index contributed by atoms with van der Waals surface area (Å²) in [4.78, 5) is 14.1. The molecule has 5 rings (SSSR count). The van der Waals surface area contributed by atoms with Crippen molar-refractivity contribution in [2.75, 3.05) is 38.5 Å². The van der Waals surface area contributed by atoms with Crippen LogP contribution in [0.1, 0.15) is 11.1 Å². The van der Waals surface area contributed by atoms with E-state index in [9.17, 15) is 8.42 Å². The maximum atomic E-state index is 11.6. The number of likely N-dealkylation sites (N-methyl/N-ethyl adjacent to an activating group) is 1. The zero-order chi connectivity index (χ0) is 24.6. The number of nitrogens with two attached hydrogens (primary N) is 1. The van der Waals surface area contributed by atoms with Gasteiger partial charge >= 0.3 is 0 Å².